The Balaban J connectivity index is 0.00000267. The van der Waals surface area contributed by atoms with Crippen LogP contribution in [0, 0.1) is 13.8 Å². The molecule has 1 fully saturated rings. The second-order valence-corrected chi connectivity index (χ2v) is 10.4. The summed E-state index contributed by atoms with van der Waals surface area (Å²) < 4.78 is 2.06. The van der Waals surface area contributed by atoms with Crippen molar-refractivity contribution in [3.8, 4) is 5.69 Å². The molecule has 1 saturated heterocycles. The lowest BCUT2D eigenvalue weighted by Gasteiger charge is -2.37. The zero-order valence-electron chi connectivity index (χ0n) is 22.5. The molecule has 0 saturated carbocycles. The maximum atomic E-state index is 13.0. The first-order chi connectivity index (χ1) is 17.8. The van der Waals surface area contributed by atoms with Gasteiger partial charge in [0.25, 0.3) is 5.91 Å². The van der Waals surface area contributed by atoms with Crippen molar-refractivity contribution < 1.29 is 9.90 Å². The predicted octanol–water partition coefficient (Wildman–Crippen LogP) is 5.50. The first kappa shape index (κ1) is 33.2. The number of nitrogens with zero attached hydrogens (tertiary/aromatic N) is 4. The topological polar surface area (TPSA) is 73.6 Å². The van der Waals surface area contributed by atoms with Gasteiger partial charge in [0, 0.05) is 51.4 Å². The number of carbonyl (C=O) groups is 1. The van der Waals surface area contributed by atoms with Gasteiger partial charge in [-0.1, -0.05) is 53.9 Å². The highest BCUT2D eigenvalue weighted by atomic mass is 35.5. The Hall–Kier alpha value is -2.00. The first-order valence-corrected chi connectivity index (χ1v) is 13.6. The molecule has 39 heavy (non-hydrogen) atoms. The Morgan fingerprint density at radius 2 is 1.72 bits per heavy atom. The minimum absolute atomic E-state index is 0. The van der Waals surface area contributed by atoms with Crippen LogP contribution < -0.4 is 10.2 Å². The number of piperazine rings is 1. The highest BCUT2D eigenvalue weighted by Gasteiger charge is 2.23. The number of aliphatic hydroxyl groups excluding tert-OH is 1. The van der Waals surface area contributed by atoms with Gasteiger partial charge in [0.1, 0.15) is 11.5 Å². The molecule has 1 aliphatic rings. The van der Waals surface area contributed by atoms with Gasteiger partial charge in [0.2, 0.25) is 0 Å². The van der Waals surface area contributed by atoms with Gasteiger partial charge >= 0.3 is 0 Å². The van der Waals surface area contributed by atoms with Crippen molar-refractivity contribution in [3.63, 3.8) is 0 Å². The Morgan fingerprint density at radius 3 is 2.36 bits per heavy atom. The summed E-state index contributed by atoms with van der Waals surface area (Å²) in [6.45, 7) is 9.86. The van der Waals surface area contributed by atoms with Crippen LogP contribution in [-0.4, -0.2) is 70.8 Å². The molecule has 7 nitrogen and oxygen atoms in total. The van der Waals surface area contributed by atoms with Crippen LogP contribution in [-0.2, 0) is 6.42 Å². The molecule has 0 aliphatic carbocycles. The number of aliphatic hydroxyl groups is 1. The van der Waals surface area contributed by atoms with Crippen LogP contribution >= 0.6 is 48.0 Å². The lowest BCUT2D eigenvalue weighted by molar-refractivity contribution is 0.0847. The maximum Gasteiger partial charge on any atom is 0.271 e. The third kappa shape index (κ3) is 8.03. The molecule has 3 aromatic rings. The first-order valence-electron chi connectivity index (χ1n) is 12.8. The summed E-state index contributed by atoms with van der Waals surface area (Å²) in [5, 5.41) is 14.7. The number of β-amino-alcohol motifs (C(OH)–C–C–N with tert-alkyl or cyclic N) is 1. The number of imidazole rings is 1. The molecule has 11 heteroatoms. The van der Waals surface area contributed by atoms with Crippen molar-refractivity contribution in [2.45, 2.75) is 39.7 Å². The molecule has 1 amide bonds. The van der Waals surface area contributed by atoms with Crippen molar-refractivity contribution in [1.82, 2.24) is 19.8 Å². The van der Waals surface area contributed by atoms with Crippen LogP contribution in [0.5, 0.6) is 0 Å². The summed E-state index contributed by atoms with van der Waals surface area (Å²) in [5.41, 5.74) is 4.32. The molecule has 1 atom stereocenters. The summed E-state index contributed by atoms with van der Waals surface area (Å²) in [7, 11) is 0. The fourth-order valence-electron chi connectivity index (χ4n) is 4.77. The number of carbonyl (C=O) groups excluding carboxylic acids is 1. The van der Waals surface area contributed by atoms with Gasteiger partial charge < -0.3 is 19.9 Å². The Bertz CT molecular complexity index is 1230. The van der Waals surface area contributed by atoms with Crippen LogP contribution in [0.2, 0.25) is 10.0 Å². The van der Waals surface area contributed by atoms with E-state index in [-0.39, 0.29) is 37.3 Å². The normalized spacial score (nSPS) is 14.4. The van der Waals surface area contributed by atoms with Gasteiger partial charge in [-0.3, -0.25) is 9.69 Å². The molecule has 1 aromatic heterocycles. The minimum Gasteiger partial charge on any atom is -0.390 e. The number of anilines is 1. The standard InChI is InChI=1S/C28H35Cl2N5O2.2ClH/c1-4-6-25-32-27(20(3)35(25)21-11-9-19(2)10-12-21)28(37)31-17-22(36)18-33-13-15-34(16-14-33)24-8-5-7-23(29)26(24)30;;/h5,7-12,22,36H,4,6,13-18H2,1-3H3,(H,31,37);2*1H. The summed E-state index contributed by atoms with van der Waals surface area (Å²) in [5.74, 6) is 0.604. The lowest BCUT2D eigenvalue weighted by Crippen LogP contribution is -2.50. The van der Waals surface area contributed by atoms with E-state index < -0.39 is 6.10 Å². The quantitative estimate of drug-likeness (QED) is 0.332. The second kappa shape index (κ2) is 15.1. The van der Waals surface area contributed by atoms with E-state index in [1.54, 1.807) is 6.07 Å². The number of hydrogen-bond donors (Lipinski definition) is 2. The molecule has 0 radical (unpaired) electrons. The van der Waals surface area contributed by atoms with Crippen molar-refractivity contribution in [1.29, 1.82) is 0 Å². The van der Waals surface area contributed by atoms with Crippen molar-refractivity contribution in [2.75, 3.05) is 44.2 Å². The van der Waals surface area contributed by atoms with Gasteiger partial charge in [0.05, 0.1) is 27.5 Å². The van der Waals surface area contributed by atoms with E-state index in [1.165, 1.54) is 5.56 Å². The molecule has 2 aromatic carbocycles. The van der Waals surface area contributed by atoms with Gasteiger partial charge in [-0.2, -0.15) is 0 Å². The highest BCUT2D eigenvalue weighted by molar-refractivity contribution is 6.43. The third-order valence-electron chi connectivity index (χ3n) is 6.77. The van der Waals surface area contributed by atoms with Crippen molar-refractivity contribution >= 4 is 59.6 Å². The van der Waals surface area contributed by atoms with E-state index in [2.05, 4.69) is 62.8 Å². The monoisotopic (exact) mass is 615 g/mol. The van der Waals surface area contributed by atoms with E-state index in [0.717, 1.165) is 61.9 Å². The predicted molar refractivity (Wildman–Crippen MR) is 165 cm³/mol. The zero-order valence-corrected chi connectivity index (χ0v) is 25.6. The van der Waals surface area contributed by atoms with Crippen LogP contribution in [0.4, 0.5) is 5.69 Å². The van der Waals surface area contributed by atoms with E-state index in [0.29, 0.717) is 22.3 Å². The number of rotatable bonds is 9. The number of halogens is 4. The molecular weight excluding hydrogens is 580 g/mol. The summed E-state index contributed by atoms with van der Waals surface area (Å²) in [4.78, 5) is 22.1. The average Bonchev–Trinajstić information content (AvgIpc) is 3.21. The molecule has 2 N–H and O–H groups in total. The van der Waals surface area contributed by atoms with E-state index in [9.17, 15) is 9.90 Å². The third-order valence-corrected chi connectivity index (χ3v) is 7.58. The molecule has 0 spiro atoms. The number of benzene rings is 2. The number of amides is 1. The van der Waals surface area contributed by atoms with E-state index in [1.807, 2.05) is 19.1 Å². The van der Waals surface area contributed by atoms with Gasteiger partial charge in [-0.05, 0) is 44.5 Å². The van der Waals surface area contributed by atoms with Crippen LogP contribution in [0.15, 0.2) is 42.5 Å². The molecule has 2 heterocycles. The number of aryl methyl sites for hydroxylation is 2. The average molecular weight is 617 g/mol. The van der Waals surface area contributed by atoms with Crippen molar-refractivity contribution in [2.24, 2.45) is 0 Å². The van der Waals surface area contributed by atoms with Gasteiger partial charge in [-0.15, -0.1) is 24.8 Å². The Kier molecular flexibility index (Phi) is 12.9. The maximum absolute atomic E-state index is 13.0. The van der Waals surface area contributed by atoms with Crippen LogP contribution in [0.25, 0.3) is 5.69 Å². The number of hydrogen-bond acceptors (Lipinski definition) is 5. The van der Waals surface area contributed by atoms with Gasteiger partial charge in [-0.25, -0.2) is 4.98 Å². The highest BCUT2D eigenvalue weighted by Crippen LogP contribution is 2.32. The van der Waals surface area contributed by atoms with E-state index in [4.69, 9.17) is 23.2 Å². The van der Waals surface area contributed by atoms with Gasteiger partial charge in [0.15, 0.2) is 0 Å². The smallest absolute Gasteiger partial charge is 0.271 e. The summed E-state index contributed by atoms with van der Waals surface area (Å²) in [6.07, 6.45) is 1.02. The fourth-order valence-corrected chi connectivity index (χ4v) is 5.18. The Labute approximate surface area is 253 Å². The summed E-state index contributed by atoms with van der Waals surface area (Å²) >= 11 is 12.5. The second-order valence-electron chi connectivity index (χ2n) is 9.61. The zero-order chi connectivity index (χ0) is 26.5. The molecule has 1 unspecified atom stereocenters. The number of aromatic nitrogens is 2. The molecule has 1 aliphatic heterocycles. The van der Waals surface area contributed by atoms with Crippen molar-refractivity contribution in [3.05, 3.63) is 75.3 Å². The lowest BCUT2D eigenvalue weighted by atomic mass is 10.2. The fraction of sp³-hybridized carbons (Fsp3) is 0.429. The largest absolute Gasteiger partial charge is 0.390 e. The van der Waals surface area contributed by atoms with Crippen LogP contribution in [0.3, 0.4) is 0 Å². The Morgan fingerprint density at radius 1 is 1.05 bits per heavy atom. The minimum atomic E-state index is -0.681. The molecular formula is C28H37Cl4N5O2. The van der Waals surface area contributed by atoms with E-state index >= 15 is 0 Å². The van der Waals surface area contributed by atoms with Crippen LogP contribution in [0.1, 0.15) is 40.9 Å². The number of nitrogens with one attached hydrogen (secondary N) is 1. The molecule has 0 bridgehead atoms. The molecule has 214 valence electrons. The molecule has 4 rings (SSSR count). The summed E-state index contributed by atoms with van der Waals surface area (Å²) in [6, 6.07) is 13.9. The SMILES string of the molecule is CCCc1nc(C(=O)NCC(O)CN2CCN(c3cccc(Cl)c3Cl)CC2)c(C)n1-c1ccc(C)cc1.Cl.Cl.